The van der Waals surface area contributed by atoms with E-state index in [-0.39, 0.29) is 36.8 Å². The highest BCUT2D eigenvalue weighted by molar-refractivity contribution is 6.05. The van der Waals surface area contributed by atoms with Crippen molar-refractivity contribution in [2.24, 2.45) is 11.8 Å². The van der Waals surface area contributed by atoms with E-state index in [0.717, 1.165) is 5.56 Å². The Morgan fingerprint density at radius 2 is 1.70 bits per heavy atom. The zero-order valence-electron chi connectivity index (χ0n) is 12.9. The van der Waals surface area contributed by atoms with Crippen LogP contribution >= 0.6 is 0 Å². The van der Waals surface area contributed by atoms with Crippen LogP contribution in [0.3, 0.4) is 0 Å². The molecule has 0 radical (unpaired) electrons. The van der Waals surface area contributed by atoms with Crippen LogP contribution in [-0.4, -0.2) is 41.1 Å². The first-order chi connectivity index (χ1) is 11.2. The molecule has 0 saturated carbocycles. The molecule has 2 amide bonds. The van der Waals surface area contributed by atoms with Gasteiger partial charge in [0, 0.05) is 0 Å². The van der Waals surface area contributed by atoms with Crippen LogP contribution in [0.15, 0.2) is 42.5 Å². The van der Waals surface area contributed by atoms with Gasteiger partial charge in [0.2, 0.25) is 11.8 Å². The van der Waals surface area contributed by atoms with Crippen LogP contribution in [0.25, 0.3) is 0 Å². The van der Waals surface area contributed by atoms with Crippen LogP contribution < -0.4 is 0 Å². The fourth-order valence-electron chi connectivity index (χ4n) is 3.20. The molecule has 0 bridgehead atoms. The van der Waals surface area contributed by atoms with Crippen molar-refractivity contribution in [1.29, 1.82) is 0 Å². The Morgan fingerprint density at radius 1 is 1.09 bits per heavy atom. The van der Waals surface area contributed by atoms with E-state index in [1.54, 1.807) is 0 Å². The third kappa shape index (κ3) is 3.51. The maximum absolute atomic E-state index is 12.3. The minimum Gasteiger partial charge on any atom is -0.389 e. The minimum absolute atomic E-state index is 0.0133. The van der Waals surface area contributed by atoms with E-state index < -0.39 is 6.10 Å². The van der Waals surface area contributed by atoms with Crippen molar-refractivity contribution < 1.29 is 19.4 Å². The van der Waals surface area contributed by atoms with Gasteiger partial charge >= 0.3 is 0 Å². The summed E-state index contributed by atoms with van der Waals surface area (Å²) in [5, 5.41) is 10.1. The number of allylic oxidation sites excluding steroid dienone is 2. The predicted molar refractivity (Wildman–Crippen MR) is 84.2 cm³/mol. The summed E-state index contributed by atoms with van der Waals surface area (Å²) in [4.78, 5) is 25.8. The van der Waals surface area contributed by atoms with Crippen molar-refractivity contribution in [2.75, 3.05) is 13.2 Å². The van der Waals surface area contributed by atoms with Gasteiger partial charge in [0.1, 0.15) is 0 Å². The van der Waals surface area contributed by atoms with E-state index in [1.165, 1.54) is 4.90 Å². The summed E-state index contributed by atoms with van der Waals surface area (Å²) in [5.74, 6) is -0.812. The molecule has 0 spiro atoms. The van der Waals surface area contributed by atoms with Crippen LogP contribution in [0.4, 0.5) is 0 Å². The largest absolute Gasteiger partial charge is 0.389 e. The Labute approximate surface area is 135 Å². The molecule has 3 atom stereocenters. The Hall–Kier alpha value is -1.98. The van der Waals surface area contributed by atoms with Crippen LogP contribution in [0, 0.1) is 11.8 Å². The molecule has 1 aliphatic heterocycles. The summed E-state index contributed by atoms with van der Waals surface area (Å²) in [6.45, 7) is 0.508. The number of fused-ring (bicyclic) bond motifs is 1. The predicted octanol–water partition coefficient (Wildman–Crippen LogP) is 1.52. The quantitative estimate of drug-likeness (QED) is 0.638. The average molecular weight is 315 g/mol. The molecule has 5 nitrogen and oxygen atoms in total. The molecule has 3 rings (SSSR count). The second kappa shape index (κ2) is 7.06. The standard InChI is InChI=1S/C18H21NO4/c20-14(12-23-11-13-6-2-1-3-7-13)10-19-17(21)15-8-4-5-9-16(15)18(19)22/h1-7,14-16,20H,8-12H2. The highest BCUT2D eigenvalue weighted by Gasteiger charge is 2.47. The molecule has 5 heteroatoms. The maximum atomic E-state index is 12.3. The second-order valence-electron chi connectivity index (χ2n) is 6.10. The lowest BCUT2D eigenvalue weighted by Gasteiger charge is -2.19. The Kier molecular flexibility index (Phi) is 4.88. The molecule has 1 saturated heterocycles. The lowest BCUT2D eigenvalue weighted by molar-refractivity contribution is -0.142. The van der Waals surface area contributed by atoms with Crippen molar-refractivity contribution in [1.82, 2.24) is 4.90 Å². The Bertz CT molecular complexity index is 572. The summed E-state index contributed by atoms with van der Waals surface area (Å²) in [7, 11) is 0. The van der Waals surface area contributed by atoms with E-state index >= 15 is 0 Å². The molecule has 1 aromatic rings. The first kappa shape index (κ1) is 15.9. The molecule has 3 unspecified atom stereocenters. The van der Waals surface area contributed by atoms with Crippen molar-refractivity contribution in [3.8, 4) is 0 Å². The second-order valence-corrected chi connectivity index (χ2v) is 6.10. The van der Waals surface area contributed by atoms with Crippen LogP contribution in [-0.2, 0) is 20.9 Å². The number of β-amino-alcohol motifs (C(OH)–C–C–N with tert-alkyl or cyclic N) is 1. The van der Waals surface area contributed by atoms with Gasteiger partial charge in [0.05, 0.1) is 37.7 Å². The molecule has 23 heavy (non-hydrogen) atoms. The lowest BCUT2D eigenvalue weighted by atomic mass is 9.85. The van der Waals surface area contributed by atoms with Gasteiger partial charge in [0.25, 0.3) is 0 Å². The number of amides is 2. The van der Waals surface area contributed by atoms with E-state index in [2.05, 4.69) is 0 Å². The van der Waals surface area contributed by atoms with Crippen molar-refractivity contribution in [3.05, 3.63) is 48.0 Å². The first-order valence-electron chi connectivity index (χ1n) is 7.96. The van der Waals surface area contributed by atoms with Crippen LogP contribution in [0.1, 0.15) is 18.4 Å². The SMILES string of the molecule is O=C1C2CC=CCC2C(=O)N1CC(O)COCc1ccccc1. The number of likely N-dealkylation sites (tertiary alicyclic amines) is 1. The van der Waals surface area contributed by atoms with Gasteiger partial charge in [-0.25, -0.2) is 0 Å². The van der Waals surface area contributed by atoms with Gasteiger partial charge in [-0.05, 0) is 18.4 Å². The Balaban J connectivity index is 1.49. The number of benzene rings is 1. The molecule has 1 aliphatic carbocycles. The van der Waals surface area contributed by atoms with E-state index in [4.69, 9.17) is 4.74 Å². The molecule has 1 aromatic carbocycles. The highest BCUT2D eigenvalue weighted by atomic mass is 16.5. The third-order valence-corrected chi connectivity index (χ3v) is 4.41. The smallest absolute Gasteiger partial charge is 0.233 e. The van der Waals surface area contributed by atoms with E-state index in [0.29, 0.717) is 19.4 Å². The molecule has 122 valence electrons. The summed E-state index contributed by atoms with van der Waals surface area (Å²) < 4.78 is 5.47. The number of imide groups is 1. The summed E-state index contributed by atoms with van der Waals surface area (Å²) in [5.41, 5.74) is 1.02. The van der Waals surface area contributed by atoms with Gasteiger partial charge in [-0.3, -0.25) is 14.5 Å². The fourth-order valence-corrected chi connectivity index (χ4v) is 3.20. The lowest BCUT2D eigenvalue weighted by Crippen LogP contribution is -2.39. The van der Waals surface area contributed by atoms with Crippen LogP contribution in [0.2, 0.25) is 0 Å². The van der Waals surface area contributed by atoms with Gasteiger partial charge < -0.3 is 9.84 Å². The third-order valence-electron chi connectivity index (χ3n) is 4.41. The number of hydrogen-bond donors (Lipinski definition) is 1. The molecule has 1 N–H and O–H groups in total. The number of aliphatic hydroxyl groups excluding tert-OH is 1. The fraction of sp³-hybridized carbons (Fsp3) is 0.444. The minimum atomic E-state index is -0.861. The van der Waals surface area contributed by atoms with E-state index in [9.17, 15) is 14.7 Å². The zero-order chi connectivity index (χ0) is 16.2. The van der Waals surface area contributed by atoms with Crippen molar-refractivity contribution >= 4 is 11.8 Å². The first-order valence-corrected chi connectivity index (χ1v) is 7.96. The topological polar surface area (TPSA) is 66.8 Å². The highest BCUT2D eigenvalue weighted by Crippen LogP contribution is 2.34. The Morgan fingerprint density at radius 3 is 2.30 bits per heavy atom. The number of rotatable bonds is 6. The summed E-state index contributed by atoms with van der Waals surface area (Å²) in [6, 6.07) is 9.66. The maximum Gasteiger partial charge on any atom is 0.233 e. The van der Waals surface area contributed by atoms with Gasteiger partial charge in [-0.1, -0.05) is 42.5 Å². The van der Waals surface area contributed by atoms with Crippen molar-refractivity contribution in [2.45, 2.75) is 25.6 Å². The number of hydrogen-bond acceptors (Lipinski definition) is 4. The molecule has 1 heterocycles. The van der Waals surface area contributed by atoms with Crippen LogP contribution in [0.5, 0.6) is 0 Å². The number of aliphatic hydroxyl groups is 1. The molecule has 1 fully saturated rings. The number of nitrogens with zero attached hydrogens (tertiary/aromatic N) is 1. The van der Waals surface area contributed by atoms with Gasteiger partial charge in [0.15, 0.2) is 0 Å². The molecular weight excluding hydrogens is 294 g/mol. The number of carbonyl (C=O) groups excluding carboxylic acids is 2. The average Bonchev–Trinajstić information content (AvgIpc) is 2.81. The zero-order valence-corrected chi connectivity index (χ0v) is 12.9. The molecule has 0 aromatic heterocycles. The van der Waals surface area contributed by atoms with Crippen molar-refractivity contribution in [3.63, 3.8) is 0 Å². The summed E-state index contributed by atoms with van der Waals surface area (Å²) in [6.07, 6.45) is 4.28. The number of carbonyl (C=O) groups is 2. The summed E-state index contributed by atoms with van der Waals surface area (Å²) >= 11 is 0. The molecular formula is C18H21NO4. The number of ether oxygens (including phenoxy) is 1. The molecule has 2 aliphatic rings. The van der Waals surface area contributed by atoms with E-state index in [1.807, 2.05) is 42.5 Å². The normalized spacial score (nSPS) is 24.8. The van der Waals surface area contributed by atoms with Gasteiger partial charge in [-0.15, -0.1) is 0 Å². The monoisotopic (exact) mass is 315 g/mol. The van der Waals surface area contributed by atoms with Gasteiger partial charge in [-0.2, -0.15) is 0 Å².